The van der Waals surface area contributed by atoms with Gasteiger partial charge in [0.2, 0.25) is 0 Å². The Kier molecular flexibility index (Phi) is 7.76. The molecule has 7 heteroatoms. The quantitative estimate of drug-likeness (QED) is 0.747. The van der Waals surface area contributed by atoms with Crippen LogP contribution in [0.15, 0.2) is 30.3 Å². The zero-order valence-electron chi connectivity index (χ0n) is 16.5. The fraction of sp³-hybridized carbons (Fsp3) is 0.600. The first-order chi connectivity index (χ1) is 12.8. The molecule has 0 radical (unpaired) electrons. The fourth-order valence-electron chi connectivity index (χ4n) is 2.75. The average Bonchev–Trinajstić information content (AvgIpc) is 2.61. The van der Waals surface area contributed by atoms with Crippen molar-refractivity contribution in [3.63, 3.8) is 0 Å². The van der Waals surface area contributed by atoms with Gasteiger partial charge >= 0.3 is 12.1 Å². The standard InChI is InChI=1S/C20H31N3O4/c1-20(2,3)27-19(25)23-13-10-16(11-14-23)22-18(24)21-12-7-15-26-17-8-5-4-6-9-17/h4-6,8-9,16H,7,10-15H2,1-3H3,(H2,21,22,24). The number of hydrogen-bond acceptors (Lipinski definition) is 4. The first-order valence-corrected chi connectivity index (χ1v) is 9.53. The molecule has 0 unspecified atom stereocenters. The van der Waals surface area contributed by atoms with Crippen molar-refractivity contribution in [3.8, 4) is 5.75 Å². The lowest BCUT2D eigenvalue weighted by atomic mass is 10.1. The van der Waals surface area contributed by atoms with E-state index >= 15 is 0 Å². The Morgan fingerprint density at radius 3 is 2.44 bits per heavy atom. The molecule has 1 heterocycles. The van der Waals surface area contributed by atoms with Gasteiger partial charge in [0.05, 0.1) is 6.61 Å². The largest absolute Gasteiger partial charge is 0.494 e. The molecule has 1 fully saturated rings. The highest BCUT2D eigenvalue weighted by Gasteiger charge is 2.27. The molecule has 0 aliphatic carbocycles. The van der Waals surface area contributed by atoms with Crippen LogP contribution in [0.5, 0.6) is 5.75 Å². The highest BCUT2D eigenvalue weighted by Crippen LogP contribution is 2.15. The summed E-state index contributed by atoms with van der Waals surface area (Å²) >= 11 is 0. The zero-order chi connectivity index (χ0) is 19.7. The minimum absolute atomic E-state index is 0.0734. The molecule has 1 aromatic rings. The van der Waals surface area contributed by atoms with Crippen LogP contribution in [0.3, 0.4) is 0 Å². The van der Waals surface area contributed by atoms with Crippen LogP contribution in [-0.4, -0.2) is 54.9 Å². The van der Waals surface area contributed by atoms with E-state index in [-0.39, 0.29) is 18.2 Å². The van der Waals surface area contributed by atoms with Crippen LogP contribution in [0.25, 0.3) is 0 Å². The zero-order valence-corrected chi connectivity index (χ0v) is 16.5. The van der Waals surface area contributed by atoms with Crippen molar-refractivity contribution >= 4 is 12.1 Å². The molecule has 0 atom stereocenters. The van der Waals surface area contributed by atoms with E-state index in [9.17, 15) is 9.59 Å². The first kappa shape index (κ1) is 20.9. The van der Waals surface area contributed by atoms with E-state index in [0.29, 0.717) is 26.2 Å². The van der Waals surface area contributed by atoms with E-state index in [1.807, 2.05) is 51.1 Å². The molecule has 2 N–H and O–H groups in total. The van der Waals surface area contributed by atoms with Crippen LogP contribution >= 0.6 is 0 Å². The van der Waals surface area contributed by atoms with Gasteiger partial charge in [0.15, 0.2) is 0 Å². The van der Waals surface area contributed by atoms with Crippen LogP contribution in [0, 0.1) is 0 Å². The van der Waals surface area contributed by atoms with Gasteiger partial charge in [-0.25, -0.2) is 9.59 Å². The molecule has 3 amide bonds. The van der Waals surface area contributed by atoms with E-state index in [4.69, 9.17) is 9.47 Å². The summed E-state index contributed by atoms with van der Waals surface area (Å²) in [6.07, 6.45) is 1.90. The number of rotatable bonds is 6. The summed E-state index contributed by atoms with van der Waals surface area (Å²) in [5.74, 6) is 0.832. The van der Waals surface area contributed by atoms with Crippen LogP contribution in [0.2, 0.25) is 0 Å². The lowest BCUT2D eigenvalue weighted by Crippen LogP contribution is -2.50. The number of piperidine rings is 1. The summed E-state index contributed by atoms with van der Waals surface area (Å²) in [5, 5.41) is 5.81. The van der Waals surface area contributed by atoms with Gasteiger partial charge in [-0.05, 0) is 52.2 Å². The SMILES string of the molecule is CC(C)(C)OC(=O)N1CCC(NC(=O)NCCCOc2ccccc2)CC1. The van der Waals surface area contributed by atoms with Gasteiger partial charge in [-0.15, -0.1) is 0 Å². The Morgan fingerprint density at radius 2 is 1.81 bits per heavy atom. The first-order valence-electron chi connectivity index (χ1n) is 9.53. The molecule has 1 aliphatic heterocycles. The molecule has 7 nitrogen and oxygen atoms in total. The van der Waals surface area contributed by atoms with Crippen molar-refractivity contribution in [1.29, 1.82) is 0 Å². The van der Waals surface area contributed by atoms with Gasteiger partial charge in [0.25, 0.3) is 0 Å². The Labute approximate surface area is 161 Å². The van der Waals surface area contributed by atoms with Crippen LogP contribution in [-0.2, 0) is 4.74 Å². The maximum Gasteiger partial charge on any atom is 0.410 e. The molecule has 0 bridgehead atoms. The summed E-state index contributed by atoms with van der Waals surface area (Å²) < 4.78 is 11.0. The Hall–Kier alpha value is -2.44. The second-order valence-corrected chi connectivity index (χ2v) is 7.66. The van der Waals surface area contributed by atoms with E-state index in [1.54, 1.807) is 4.90 Å². The maximum atomic E-state index is 12.0. The summed E-state index contributed by atoms with van der Waals surface area (Å²) in [6, 6.07) is 9.50. The highest BCUT2D eigenvalue weighted by molar-refractivity contribution is 5.74. The summed E-state index contributed by atoms with van der Waals surface area (Å²) in [7, 11) is 0. The number of urea groups is 1. The predicted molar refractivity (Wildman–Crippen MR) is 104 cm³/mol. The number of ether oxygens (including phenoxy) is 2. The molecule has 1 saturated heterocycles. The average molecular weight is 377 g/mol. The number of nitrogens with zero attached hydrogens (tertiary/aromatic N) is 1. The number of likely N-dealkylation sites (tertiary alicyclic amines) is 1. The monoisotopic (exact) mass is 377 g/mol. The summed E-state index contributed by atoms with van der Waals surface area (Å²) in [5.41, 5.74) is -0.490. The van der Waals surface area contributed by atoms with Crippen molar-refractivity contribution in [2.75, 3.05) is 26.2 Å². The van der Waals surface area contributed by atoms with Crippen LogP contribution in [0.1, 0.15) is 40.0 Å². The number of carbonyl (C=O) groups is 2. The van der Waals surface area contributed by atoms with Crippen molar-refractivity contribution in [1.82, 2.24) is 15.5 Å². The molecular weight excluding hydrogens is 346 g/mol. The van der Waals surface area contributed by atoms with Gasteiger partial charge in [0.1, 0.15) is 11.4 Å². The lowest BCUT2D eigenvalue weighted by molar-refractivity contribution is 0.0201. The minimum atomic E-state index is -0.490. The molecule has 0 aromatic heterocycles. The maximum absolute atomic E-state index is 12.0. The Morgan fingerprint density at radius 1 is 1.15 bits per heavy atom. The van der Waals surface area contributed by atoms with Crippen LogP contribution in [0.4, 0.5) is 9.59 Å². The van der Waals surface area contributed by atoms with Crippen molar-refractivity contribution in [3.05, 3.63) is 30.3 Å². The molecule has 0 saturated carbocycles. The molecule has 2 rings (SSSR count). The molecule has 150 valence electrons. The smallest absolute Gasteiger partial charge is 0.410 e. The van der Waals surface area contributed by atoms with Gasteiger partial charge in [0, 0.05) is 25.7 Å². The fourth-order valence-corrected chi connectivity index (χ4v) is 2.75. The van der Waals surface area contributed by atoms with Gasteiger partial charge in [-0.3, -0.25) is 0 Å². The molecule has 27 heavy (non-hydrogen) atoms. The molecular formula is C20H31N3O4. The van der Waals surface area contributed by atoms with E-state index in [2.05, 4.69) is 10.6 Å². The van der Waals surface area contributed by atoms with Gasteiger partial charge in [-0.1, -0.05) is 18.2 Å². The predicted octanol–water partition coefficient (Wildman–Crippen LogP) is 3.15. The van der Waals surface area contributed by atoms with Crippen LogP contribution < -0.4 is 15.4 Å². The third-order valence-corrected chi connectivity index (χ3v) is 4.10. The minimum Gasteiger partial charge on any atom is -0.494 e. The molecule has 1 aliphatic rings. The summed E-state index contributed by atoms with van der Waals surface area (Å²) in [6.45, 7) is 7.85. The molecule has 1 aromatic carbocycles. The lowest BCUT2D eigenvalue weighted by Gasteiger charge is -2.33. The van der Waals surface area contributed by atoms with Crippen molar-refractivity contribution in [2.45, 2.75) is 51.7 Å². The van der Waals surface area contributed by atoms with E-state index in [0.717, 1.165) is 25.0 Å². The number of carbonyl (C=O) groups excluding carboxylic acids is 2. The number of benzene rings is 1. The Balaban J connectivity index is 1.56. The number of para-hydroxylation sites is 1. The summed E-state index contributed by atoms with van der Waals surface area (Å²) in [4.78, 5) is 25.7. The highest BCUT2D eigenvalue weighted by atomic mass is 16.6. The van der Waals surface area contributed by atoms with Gasteiger partial charge < -0.3 is 25.0 Å². The van der Waals surface area contributed by atoms with Crippen molar-refractivity contribution in [2.24, 2.45) is 0 Å². The number of hydrogen-bond donors (Lipinski definition) is 2. The van der Waals surface area contributed by atoms with E-state index in [1.165, 1.54) is 0 Å². The Bertz CT molecular complexity index is 593. The number of nitrogens with one attached hydrogen (secondary N) is 2. The topological polar surface area (TPSA) is 79.9 Å². The second-order valence-electron chi connectivity index (χ2n) is 7.66. The molecule has 0 spiro atoms. The third-order valence-electron chi connectivity index (χ3n) is 4.10. The second kappa shape index (κ2) is 10.0. The normalized spacial score (nSPS) is 15.1. The number of amides is 3. The van der Waals surface area contributed by atoms with E-state index < -0.39 is 5.60 Å². The third kappa shape index (κ3) is 8.19. The van der Waals surface area contributed by atoms with Crippen molar-refractivity contribution < 1.29 is 19.1 Å². The van der Waals surface area contributed by atoms with Gasteiger partial charge in [-0.2, -0.15) is 0 Å².